The Labute approximate surface area is 249 Å². The maximum atomic E-state index is 14.2. The van der Waals surface area contributed by atoms with Gasteiger partial charge in [0.2, 0.25) is 5.91 Å². The van der Waals surface area contributed by atoms with Gasteiger partial charge in [-0.05, 0) is 61.4 Å². The lowest BCUT2D eigenvalue weighted by atomic mass is 10.0. The number of pyridine rings is 1. The molecule has 1 N–H and O–H groups in total. The zero-order chi connectivity index (χ0) is 30.1. The molecule has 0 fully saturated rings. The number of amides is 2. The molecule has 1 atom stereocenters. The van der Waals surface area contributed by atoms with E-state index in [0.717, 1.165) is 17.0 Å². The van der Waals surface area contributed by atoms with Crippen molar-refractivity contribution >= 4 is 29.3 Å². The highest BCUT2D eigenvalue weighted by Crippen LogP contribution is 2.33. The molecule has 4 aromatic rings. The molecule has 2 aromatic heterocycles. The second-order valence-corrected chi connectivity index (χ2v) is 10.3. The largest absolute Gasteiger partial charge is 0.497 e. The molecule has 0 spiro atoms. The summed E-state index contributed by atoms with van der Waals surface area (Å²) in [7, 11) is 4.61. The summed E-state index contributed by atoms with van der Waals surface area (Å²) in [6.07, 6.45) is 3.33. The number of benzene rings is 2. The SMILES string of the molecule is COc1cccc(C(C(=O)Nc2ccc(OC)cc2OC)N(Cc2cccnc2)C(=O)CSc2nc(C)cc(C)n2)c1. The molecule has 42 heavy (non-hydrogen) atoms. The van der Waals surface area contributed by atoms with Gasteiger partial charge in [-0.15, -0.1) is 0 Å². The standard InChI is InChI=1S/C31H33N5O5S/c1-20-14-21(2)34-31(33-20)42-19-28(37)36(18-22-8-7-13-32-17-22)29(23-9-6-10-24(15-23)39-3)30(38)35-26-12-11-25(40-4)16-27(26)41-5/h6-17,29H,18-19H2,1-5H3,(H,35,38). The van der Waals surface area contributed by atoms with Gasteiger partial charge in [0.25, 0.3) is 5.91 Å². The van der Waals surface area contributed by atoms with E-state index in [-0.39, 0.29) is 18.2 Å². The van der Waals surface area contributed by atoms with Crippen LogP contribution in [-0.4, -0.2) is 58.7 Å². The van der Waals surface area contributed by atoms with Crippen LogP contribution in [0.25, 0.3) is 0 Å². The molecule has 0 aliphatic carbocycles. The summed E-state index contributed by atoms with van der Waals surface area (Å²) in [6.45, 7) is 3.90. The summed E-state index contributed by atoms with van der Waals surface area (Å²) in [5.74, 6) is 0.850. The van der Waals surface area contributed by atoms with E-state index in [9.17, 15) is 9.59 Å². The van der Waals surface area contributed by atoms with E-state index < -0.39 is 11.9 Å². The van der Waals surface area contributed by atoms with Gasteiger partial charge in [-0.2, -0.15) is 0 Å². The van der Waals surface area contributed by atoms with Crippen molar-refractivity contribution in [2.45, 2.75) is 31.6 Å². The monoisotopic (exact) mass is 587 g/mol. The molecule has 2 amide bonds. The van der Waals surface area contributed by atoms with Crippen molar-refractivity contribution in [3.8, 4) is 17.2 Å². The summed E-state index contributed by atoms with van der Waals surface area (Å²) < 4.78 is 16.2. The van der Waals surface area contributed by atoms with Crippen molar-refractivity contribution in [3.05, 3.63) is 95.6 Å². The van der Waals surface area contributed by atoms with Crippen molar-refractivity contribution in [2.75, 3.05) is 32.4 Å². The van der Waals surface area contributed by atoms with Crippen LogP contribution in [0.15, 0.2) is 78.2 Å². The lowest BCUT2D eigenvalue weighted by Gasteiger charge is -2.32. The predicted octanol–water partition coefficient (Wildman–Crippen LogP) is 5.02. The van der Waals surface area contributed by atoms with E-state index in [4.69, 9.17) is 14.2 Å². The highest BCUT2D eigenvalue weighted by atomic mass is 32.2. The molecule has 10 nitrogen and oxygen atoms in total. The van der Waals surface area contributed by atoms with Crippen LogP contribution >= 0.6 is 11.8 Å². The number of hydrogen-bond donors (Lipinski definition) is 1. The van der Waals surface area contributed by atoms with Crippen LogP contribution in [0.5, 0.6) is 17.2 Å². The minimum absolute atomic E-state index is 0.0166. The Bertz CT molecular complexity index is 1520. The number of aryl methyl sites for hydroxylation is 2. The summed E-state index contributed by atoms with van der Waals surface area (Å²) in [4.78, 5) is 42.8. The number of nitrogens with zero attached hydrogens (tertiary/aromatic N) is 4. The first-order valence-electron chi connectivity index (χ1n) is 13.1. The zero-order valence-corrected chi connectivity index (χ0v) is 25.0. The van der Waals surface area contributed by atoms with Crippen molar-refractivity contribution in [1.29, 1.82) is 0 Å². The van der Waals surface area contributed by atoms with Crippen LogP contribution in [0, 0.1) is 13.8 Å². The van der Waals surface area contributed by atoms with E-state index in [0.29, 0.717) is 33.7 Å². The molecule has 11 heteroatoms. The Hall–Kier alpha value is -4.64. The Morgan fingerprint density at radius 1 is 0.905 bits per heavy atom. The molecule has 1 unspecified atom stereocenters. The molecular weight excluding hydrogens is 554 g/mol. The molecule has 0 saturated carbocycles. The second-order valence-electron chi connectivity index (χ2n) is 9.34. The first kappa shape index (κ1) is 30.3. The smallest absolute Gasteiger partial charge is 0.251 e. The summed E-state index contributed by atoms with van der Waals surface area (Å²) in [5, 5.41) is 3.45. The van der Waals surface area contributed by atoms with Gasteiger partial charge in [0.05, 0.1) is 32.8 Å². The summed E-state index contributed by atoms with van der Waals surface area (Å²) in [6, 6.07) is 16.7. The van der Waals surface area contributed by atoms with E-state index >= 15 is 0 Å². The predicted molar refractivity (Wildman–Crippen MR) is 161 cm³/mol. The van der Waals surface area contributed by atoms with Crippen molar-refractivity contribution in [3.63, 3.8) is 0 Å². The maximum Gasteiger partial charge on any atom is 0.251 e. The number of methoxy groups -OCH3 is 3. The van der Waals surface area contributed by atoms with Gasteiger partial charge in [-0.1, -0.05) is 30.0 Å². The van der Waals surface area contributed by atoms with Gasteiger partial charge in [0.1, 0.15) is 23.3 Å². The lowest BCUT2D eigenvalue weighted by molar-refractivity contribution is -0.137. The highest BCUT2D eigenvalue weighted by molar-refractivity contribution is 7.99. The van der Waals surface area contributed by atoms with Crippen LogP contribution < -0.4 is 19.5 Å². The molecule has 0 aliphatic heterocycles. The fraction of sp³-hybridized carbons (Fsp3) is 0.258. The lowest BCUT2D eigenvalue weighted by Crippen LogP contribution is -2.42. The number of anilines is 1. The van der Waals surface area contributed by atoms with Gasteiger partial charge in [-0.3, -0.25) is 14.6 Å². The Morgan fingerprint density at radius 3 is 2.31 bits per heavy atom. The average molecular weight is 588 g/mol. The van der Waals surface area contributed by atoms with E-state index in [2.05, 4.69) is 20.3 Å². The van der Waals surface area contributed by atoms with E-state index in [1.807, 2.05) is 26.0 Å². The first-order valence-corrected chi connectivity index (χ1v) is 14.1. The number of thioether (sulfide) groups is 1. The molecule has 4 rings (SSSR count). The van der Waals surface area contributed by atoms with Gasteiger partial charge in [0.15, 0.2) is 5.16 Å². The normalized spacial score (nSPS) is 11.4. The third kappa shape index (κ3) is 7.76. The van der Waals surface area contributed by atoms with Gasteiger partial charge >= 0.3 is 0 Å². The van der Waals surface area contributed by atoms with Crippen molar-refractivity contribution < 1.29 is 23.8 Å². The van der Waals surface area contributed by atoms with Crippen molar-refractivity contribution in [2.24, 2.45) is 0 Å². The average Bonchev–Trinajstić information content (AvgIpc) is 3.00. The van der Waals surface area contributed by atoms with Crippen LogP contribution in [0.3, 0.4) is 0 Å². The van der Waals surface area contributed by atoms with Crippen LogP contribution in [0.4, 0.5) is 5.69 Å². The van der Waals surface area contributed by atoms with Gasteiger partial charge in [-0.25, -0.2) is 9.97 Å². The molecule has 0 saturated heterocycles. The maximum absolute atomic E-state index is 14.2. The third-order valence-electron chi connectivity index (χ3n) is 6.32. The molecular formula is C31H33N5O5S. The Kier molecular flexibility index (Phi) is 10.3. The van der Waals surface area contributed by atoms with E-state index in [1.54, 1.807) is 75.1 Å². The fourth-order valence-electron chi connectivity index (χ4n) is 4.37. The minimum Gasteiger partial charge on any atom is -0.497 e. The molecule has 0 aliphatic rings. The quantitative estimate of drug-likeness (QED) is 0.180. The topological polar surface area (TPSA) is 116 Å². The number of ether oxygens (including phenoxy) is 3. The number of rotatable bonds is 12. The van der Waals surface area contributed by atoms with Crippen molar-refractivity contribution in [1.82, 2.24) is 19.9 Å². The van der Waals surface area contributed by atoms with Gasteiger partial charge < -0.3 is 24.4 Å². The first-order chi connectivity index (χ1) is 20.3. The van der Waals surface area contributed by atoms with Crippen LogP contribution in [0.1, 0.15) is 28.6 Å². The molecule has 218 valence electrons. The molecule has 2 aromatic carbocycles. The number of carbonyl (C=O) groups is 2. The summed E-state index contributed by atoms with van der Waals surface area (Å²) in [5.41, 5.74) is 3.40. The molecule has 0 radical (unpaired) electrons. The highest BCUT2D eigenvalue weighted by Gasteiger charge is 2.33. The number of carbonyl (C=O) groups excluding carboxylic acids is 2. The summed E-state index contributed by atoms with van der Waals surface area (Å²) >= 11 is 1.22. The molecule has 0 bridgehead atoms. The molecule has 2 heterocycles. The number of aromatic nitrogens is 3. The fourth-order valence-corrected chi connectivity index (χ4v) is 5.20. The number of hydrogen-bond acceptors (Lipinski definition) is 9. The van der Waals surface area contributed by atoms with Gasteiger partial charge in [0, 0.05) is 36.4 Å². The second kappa shape index (κ2) is 14.3. The Balaban J connectivity index is 1.74. The minimum atomic E-state index is -1.03. The number of nitrogens with one attached hydrogen (secondary N) is 1. The van der Waals surface area contributed by atoms with Crippen LogP contribution in [-0.2, 0) is 16.1 Å². The van der Waals surface area contributed by atoms with Crippen LogP contribution in [0.2, 0.25) is 0 Å². The zero-order valence-electron chi connectivity index (χ0n) is 24.2. The van der Waals surface area contributed by atoms with E-state index in [1.165, 1.54) is 23.8 Å². The Morgan fingerprint density at radius 2 is 1.64 bits per heavy atom. The third-order valence-corrected chi connectivity index (χ3v) is 7.15.